The monoisotopic (exact) mass is 604 g/mol. The van der Waals surface area contributed by atoms with E-state index in [4.69, 9.17) is 9.47 Å². The second-order valence-electron chi connectivity index (χ2n) is 11.9. The lowest BCUT2D eigenvalue weighted by molar-refractivity contribution is -0.129. The number of hydrogen-bond donors (Lipinski definition) is 1. The number of hydrogen-bond acceptors (Lipinski definition) is 9. The van der Waals surface area contributed by atoms with E-state index < -0.39 is 0 Å². The molecule has 0 spiro atoms. The van der Waals surface area contributed by atoms with Gasteiger partial charge in [0, 0.05) is 62.5 Å². The van der Waals surface area contributed by atoms with Crippen LogP contribution in [-0.2, 0) is 11.8 Å². The molecule has 1 atom stereocenters. The molecule has 1 fully saturated rings. The summed E-state index contributed by atoms with van der Waals surface area (Å²) >= 11 is 0. The van der Waals surface area contributed by atoms with Crippen LogP contribution in [0.4, 0.5) is 17.2 Å². The molecule has 0 radical (unpaired) electrons. The Morgan fingerprint density at radius 3 is 2.82 bits per heavy atom. The number of nitrogens with zero attached hydrogens (tertiary/aromatic N) is 7. The van der Waals surface area contributed by atoms with Gasteiger partial charge in [-0.2, -0.15) is 0 Å². The Morgan fingerprint density at radius 2 is 1.98 bits per heavy atom. The molecule has 4 heterocycles. The van der Waals surface area contributed by atoms with Gasteiger partial charge in [0.05, 0.1) is 34.6 Å². The minimum Gasteiger partial charge on any atom is -0.489 e. The number of fused-ring (bicyclic) bond motifs is 6. The van der Waals surface area contributed by atoms with Crippen molar-refractivity contribution in [1.82, 2.24) is 29.3 Å². The molecule has 2 aliphatic rings. The Balaban J connectivity index is 1.10. The largest absolute Gasteiger partial charge is 0.489 e. The van der Waals surface area contributed by atoms with Gasteiger partial charge in [0.15, 0.2) is 0 Å². The molecular formula is C34H36N8O3. The highest BCUT2D eigenvalue weighted by Crippen LogP contribution is 2.39. The minimum atomic E-state index is -0.0379. The summed E-state index contributed by atoms with van der Waals surface area (Å²) in [5.74, 6) is 3.01. The van der Waals surface area contributed by atoms with Gasteiger partial charge in [-0.3, -0.25) is 4.79 Å². The van der Waals surface area contributed by atoms with Crippen LogP contribution in [-0.4, -0.2) is 88.1 Å². The number of carbonyl (C=O) groups excluding carboxylic acids is 1. The van der Waals surface area contributed by atoms with Gasteiger partial charge < -0.3 is 34.1 Å². The maximum atomic E-state index is 13.0. The fourth-order valence-electron chi connectivity index (χ4n) is 5.97. The number of carbonyl (C=O) groups is 1. The lowest BCUT2D eigenvalue weighted by Gasteiger charge is -2.39. The zero-order valence-corrected chi connectivity index (χ0v) is 25.9. The molecule has 2 aromatic heterocycles. The van der Waals surface area contributed by atoms with E-state index in [9.17, 15) is 4.79 Å². The maximum Gasteiger partial charge on any atom is 0.246 e. The molecule has 0 unspecified atom stereocenters. The molecule has 45 heavy (non-hydrogen) atoms. The molecule has 1 N–H and O–H groups in total. The average molecular weight is 605 g/mol. The van der Waals surface area contributed by atoms with Crippen molar-refractivity contribution in [2.45, 2.75) is 13.0 Å². The van der Waals surface area contributed by atoms with Gasteiger partial charge in [0.25, 0.3) is 0 Å². The van der Waals surface area contributed by atoms with Crippen molar-refractivity contribution in [3.05, 3.63) is 78.9 Å². The first-order chi connectivity index (χ1) is 21.8. The van der Waals surface area contributed by atoms with E-state index in [1.54, 1.807) is 18.7 Å². The standard InChI is InChI=1S/C34H36N8O3/c1-22-14-23(7-10-31(22)45-25-8-9-29-28(15-25)37-21-40(29)4)38-34-26-16-30-32(17-27(26)35-20-36-34)44-19-24-18-41(30)12-13-42(24)33(43)6-5-11-39(2)3/h5-10,14-17,20-21,24H,11-13,18-19H2,1-4H3,(H,35,36,38)/b6-5+/t24-/m0/s1. The SMILES string of the molecule is Cc1cc(Nc2ncnc3cc4c(cc23)N2CCN(C(=O)/C=C/CN(C)C)[C@H](CO4)C2)ccc1Oc1ccc2c(c1)ncn2C. The van der Waals surface area contributed by atoms with Gasteiger partial charge in [0.2, 0.25) is 5.91 Å². The van der Waals surface area contributed by atoms with Gasteiger partial charge >= 0.3 is 0 Å². The Morgan fingerprint density at radius 1 is 1.09 bits per heavy atom. The third-order valence-electron chi connectivity index (χ3n) is 8.35. The molecule has 1 saturated heterocycles. The van der Waals surface area contributed by atoms with Crippen molar-refractivity contribution in [3.8, 4) is 17.2 Å². The highest BCUT2D eigenvalue weighted by atomic mass is 16.5. The average Bonchev–Trinajstić information content (AvgIpc) is 3.33. The van der Waals surface area contributed by atoms with E-state index in [1.165, 1.54) is 0 Å². The Hall–Kier alpha value is -5.16. The highest BCUT2D eigenvalue weighted by Gasteiger charge is 2.34. The van der Waals surface area contributed by atoms with Crippen LogP contribution in [0.25, 0.3) is 21.9 Å². The minimum absolute atomic E-state index is 0.0274. The first kappa shape index (κ1) is 28.6. The third-order valence-corrected chi connectivity index (χ3v) is 8.35. The summed E-state index contributed by atoms with van der Waals surface area (Å²) in [4.78, 5) is 32.8. The van der Waals surface area contributed by atoms with Crippen LogP contribution in [0.1, 0.15) is 5.56 Å². The number of amides is 1. The van der Waals surface area contributed by atoms with Crippen LogP contribution < -0.4 is 19.7 Å². The molecule has 11 nitrogen and oxygen atoms in total. The number of likely N-dealkylation sites (N-methyl/N-ethyl adjacent to an activating group) is 1. The summed E-state index contributed by atoms with van der Waals surface area (Å²) in [6.07, 6.45) is 6.95. The predicted molar refractivity (Wildman–Crippen MR) is 176 cm³/mol. The molecule has 7 rings (SSSR count). The summed E-state index contributed by atoms with van der Waals surface area (Å²) < 4.78 is 14.5. The second kappa shape index (κ2) is 11.7. The zero-order valence-electron chi connectivity index (χ0n) is 25.9. The number of rotatable bonds is 7. The molecule has 0 aliphatic carbocycles. The van der Waals surface area contributed by atoms with Gasteiger partial charge in [-0.05, 0) is 63.0 Å². The van der Waals surface area contributed by atoms with E-state index in [-0.39, 0.29) is 11.9 Å². The number of nitrogens with one attached hydrogen (secondary N) is 1. The van der Waals surface area contributed by atoms with Crippen molar-refractivity contribution in [3.63, 3.8) is 0 Å². The molecule has 230 valence electrons. The lowest BCUT2D eigenvalue weighted by Crippen LogP contribution is -2.56. The highest BCUT2D eigenvalue weighted by molar-refractivity contribution is 5.95. The Labute approximate surface area is 261 Å². The van der Waals surface area contributed by atoms with Crippen LogP contribution in [0.15, 0.2) is 73.3 Å². The molecule has 5 aromatic rings. The Bertz CT molecular complexity index is 1930. The quantitative estimate of drug-likeness (QED) is 0.260. The van der Waals surface area contributed by atoms with Crippen LogP contribution >= 0.6 is 0 Å². The van der Waals surface area contributed by atoms with E-state index in [2.05, 4.69) is 31.2 Å². The van der Waals surface area contributed by atoms with Crippen molar-refractivity contribution < 1.29 is 14.3 Å². The maximum absolute atomic E-state index is 13.0. The summed E-state index contributed by atoms with van der Waals surface area (Å²) in [7, 11) is 5.94. The third kappa shape index (κ3) is 5.74. The normalized spacial score (nSPS) is 16.2. The van der Waals surface area contributed by atoms with Crippen molar-refractivity contribution in [2.24, 2.45) is 7.05 Å². The lowest BCUT2D eigenvalue weighted by atomic mass is 10.1. The number of aromatic nitrogens is 4. The summed E-state index contributed by atoms with van der Waals surface area (Å²) in [6.45, 7) is 5.24. The molecular weight excluding hydrogens is 568 g/mol. The van der Waals surface area contributed by atoms with E-state index in [0.29, 0.717) is 25.5 Å². The fraction of sp³-hybridized carbons (Fsp3) is 0.294. The molecule has 1 amide bonds. The fourth-order valence-corrected chi connectivity index (χ4v) is 5.97. The summed E-state index contributed by atoms with van der Waals surface area (Å²) in [6, 6.07) is 15.9. The first-order valence-electron chi connectivity index (χ1n) is 15.1. The van der Waals surface area contributed by atoms with Crippen LogP contribution in [0, 0.1) is 6.92 Å². The molecule has 2 bridgehead atoms. The van der Waals surface area contributed by atoms with Gasteiger partial charge in [0.1, 0.15) is 36.0 Å². The number of piperazine rings is 1. The van der Waals surface area contributed by atoms with Crippen LogP contribution in [0.3, 0.4) is 0 Å². The molecule has 0 saturated carbocycles. The first-order valence-corrected chi connectivity index (χ1v) is 15.1. The van der Waals surface area contributed by atoms with E-state index in [1.807, 2.05) is 91.0 Å². The summed E-state index contributed by atoms with van der Waals surface area (Å²) in [5, 5.41) is 4.38. The van der Waals surface area contributed by atoms with E-state index in [0.717, 1.165) is 69.2 Å². The summed E-state index contributed by atoms with van der Waals surface area (Å²) in [5.41, 5.74) is 5.59. The zero-order chi connectivity index (χ0) is 31.1. The molecule has 11 heteroatoms. The molecule has 2 aliphatic heterocycles. The van der Waals surface area contributed by atoms with Gasteiger partial charge in [-0.1, -0.05) is 6.08 Å². The topological polar surface area (TPSA) is 101 Å². The smallest absolute Gasteiger partial charge is 0.246 e. The number of anilines is 3. The molecule has 3 aromatic carbocycles. The van der Waals surface area contributed by atoms with Crippen molar-refractivity contribution in [2.75, 3.05) is 57.1 Å². The predicted octanol–water partition coefficient (Wildman–Crippen LogP) is 4.89. The van der Waals surface area contributed by atoms with Crippen molar-refractivity contribution in [1.29, 1.82) is 0 Å². The second-order valence-corrected chi connectivity index (χ2v) is 11.9. The Kier molecular flexibility index (Phi) is 7.46. The number of ether oxygens (including phenoxy) is 2. The number of imidazole rings is 1. The van der Waals surface area contributed by atoms with Crippen LogP contribution in [0.5, 0.6) is 17.2 Å². The van der Waals surface area contributed by atoms with Crippen molar-refractivity contribution >= 4 is 45.0 Å². The van der Waals surface area contributed by atoms with Gasteiger partial charge in [-0.25, -0.2) is 15.0 Å². The number of benzene rings is 3. The van der Waals surface area contributed by atoms with Gasteiger partial charge in [-0.15, -0.1) is 0 Å². The van der Waals surface area contributed by atoms with E-state index >= 15 is 0 Å². The van der Waals surface area contributed by atoms with Crippen LogP contribution in [0.2, 0.25) is 0 Å². The number of aryl methyl sites for hydroxylation is 2.